The van der Waals surface area contributed by atoms with E-state index in [-0.39, 0.29) is 6.54 Å². The number of benzene rings is 2. The summed E-state index contributed by atoms with van der Waals surface area (Å²) in [6.07, 6.45) is 1.82. The van der Waals surface area contributed by atoms with Crippen LogP contribution in [0.3, 0.4) is 0 Å². The SMILES string of the molecule is CN(c1ccc(N2CCN(c3ccccn3)CC2)cc1)c1nn(CC(=O)O)c2ccc(F)cc12. The lowest BCUT2D eigenvalue weighted by atomic mass is 10.2. The maximum Gasteiger partial charge on any atom is 0.325 e. The highest BCUT2D eigenvalue weighted by Crippen LogP contribution is 2.32. The fraction of sp³-hybridized carbons (Fsp3) is 0.240. The molecular weight excluding hydrogens is 435 g/mol. The highest BCUT2D eigenvalue weighted by Gasteiger charge is 2.20. The van der Waals surface area contributed by atoms with Gasteiger partial charge in [-0.2, -0.15) is 5.10 Å². The summed E-state index contributed by atoms with van der Waals surface area (Å²) < 4.78 is 15.4. The van der Waals surface area contributed by atoms with Crippen molar-refractivity contribution in [2.75, 3.05) is 47.9 Å². The van der Waals surface area contributed by atoms with Gasteiger partial charge in [-0.3, -0.25) is 9.48 Å². The van der Waals surface area contributed by atoms with Crippen molar-refractivity contribution in [3.63, 3.8) is 0 Å². The molecule has 9 heteroatoms. The maximum absolute atomic E-state index is 14.0. The van der Waals surface area contributed by atoms with E-state index in [0.29, 0.717) is 16.7 Å². The Morgan fingerprint density at radius 1 is 1.03 bits per heavy atom. The summed E-state index contributed by atoms with van der Waals surface area (Å²) in [5.74, 6) is 0.116. The number of carboxylic acids is 1. The van der Waals surface area contributed by atoms with Crippen molar-refractivity contribution in [3.8, 4) is 0 Å². The topological polar surface area (TPSA) is 77.7 Å². The number of carbonyl (C=O) groups is 1. The van der Waals surface area contributed by atoms with Gasteiger partial charge in [0.2, 0.25) is 0 Å². The summed E-state index contributed by atoms with van der Waals surface area (Å²) in [5, 5.41) is 14.3. The molecule has 1 aliphatic heterocycles. The van der Waals surface area contributed by atoms with E-state index in [0.717, 1.165) is 43.4 Å². The molecule has 0 aliphatic carbocycles. The summed E-state index contributed by atoms with van der Waals surface area (Å²) >= 11 is 0. The number of aromatic nitrogens is 3. The molecule has 0 atom stereocenters. The number of pyridine rings is 1. The molecule has 8 nitrogen and oxygen atoms in total. The Morgan fingerprint density at radius 3 is 2.44 bits per heavy atom. The van der Waals surface area contributed by atoms with Crippen LogP contribution in [0.15, 0.2) is 66.9 Å². The largest absolute Gasteiger partial charge is 0.480 e. The first-order chi connectivity index (χ1) is 16.5. The van der Waals surface area contributed by atoms with Gasteiger partial charge in [-0.15, -0.1) is 0 Å². The molecule has 1 N–H and O–H groups in total. The van der Waals surface area contributed by atoms with Crippen molar-refractivity contribution in [2.24, 2.45) is 0 Å². The molecule has 2 aromatic carbocycles. The van der Waals surface area contributed by atoms with Crippen LogP contribution in [0.4, 0.5) is 27.4 Å². The van der Waals surface area contributed by atoms with Crippen molar-refractivity contribution < 1.29 is 14.3 Å². The van der Waals surface area contributed by atoms with Crippen molar-refractivity contribution in [3.05, 3.63) is 72.7 Å². The summed E-state index contributed by atoms with van der Waals surface area (Å²) in [6, 6.07) is 18.4. The van der Waals surface area contributed by atoms with Gasteiger partial charge in [0.05, 0.1) is 5.52 Å². The number of halogens is 1. The molecule has 3 heterocycles. The molecule has 4 aromatic rings. The van der Waals surface area contributed by atoms with Gasteiger partial charge in [0, 0.05) is 56.2 Å². The van der Waals surface area contributed by atoms with E-state index in [1.807, 2.05) is 48.5 Å². The third-order valence-corrected chi connectivity index (χ3v) is 6.15. The standard InChI is InChI=1S/C25H25FN6O2/c1-29(25-21-16-18(26)5-10-22(21)32(28-25)17-24(33)34)19-6-8-20(9-7-19)30-12-14-31(15-13-30)23-4-2-3-11-27-23/h2-11,16H,12-15,17H2,1H3,(H,33,34). The van der Waals surface area contributed by atoms with Crippen LogP contribution >= 0.6 is 0 Å². The van der Waals surface area contributed by atoms with E-state index < -0.39 is 11.8 Å². The summed E-state index contributed by atoms with van der Waals surface area (Å²) in [6.45, 7) is 3.30. The zero-order chi connectivity index (χ0) is 23.7. The van der Waals surface area contributed by atoms with E-state index in [9.17, 15) is 14.3 Å². The average molecular weight is 461 g/mol. The van der Waals surface area contributed by atoms with Gasteiger partial charge in [-0.25, -0.2) is 9.37 Å². The highest BCUT2D eigenvalue weighted by atomic mass is 19.1. The van der Waals surface area contributed by atoms with Crippen molar-refractivity contribution in [1.29, 1.82) is 0 Å². The van der Waals surface area contributed by atoms with Crippen LogP contribution in [0, 0.1) is 5.82 Å². The number of carboxylic acid groups (broad SMARTS) is 1. The van der Waals surface area contributed by atoms with Crippen molar-refractivity contribution in [1.82, 2.24) is 14.8 Å². The molecule has 1 fully saturated rings. The predicted octanol–water partition coefficient (Wildman–Crippen LogP) is 3.75. The first kappa shape index (κ1) is 21.7. The second-order valence-corrected chi connectivity index (χ2v) is 8.27. The molecule has 34 heavy (non-hydrogen) atoms. The number of piperazine rings is 1. The molecule has 0 saturated carbocycles. The van der Waals surface area contributed by atoms with Crippen LogP contribution in [-0.2, 0) is 11.3 Å². The molecule has 0 spiro atoms. The summed E-state index contributed by atoms with van der Waals surface area (Å²) in [5.41, 5.74) is 2.58. The molecule has 2 aromatic heterocycles. The summed E-state index contributed by atoms with van der Waals surface area (Å²) in [7, 11) is 1.85. The van der Waals surface area contributed by atoms with Crippen LogP contribution in [0.5, 0.6) is 0 Å². The van der Waals surface area contributed by atoms with Gasteiger partial charge < -0.3 is 19.8 Å². The molecule has 1 aliphatic rings. The number of nitrogens with zero attached hydrogens (tertiary/aromatic N) is 6. The molecule has 0 radical (unpaired) electrons. The van der Waals surface area contributed by atoms with E-state index in [4.69, 9.17) is 0 Å². The fourth-order valence-corrected chi connectivity index (χ4v) is 4.37. The van der Waals surface area contributed by atoms with Gasteiger partial charge in [0.25, 0.3) is 0 Å². The Morgan fingerprint density at radius 2 is 1.76 bits per heavy atom. The number of rotatable bonds is 6. The van der Waals surface area contributed by atoms with Crippen LogP contribution in [0.25, 0.3) is 10.9 Å². The minimum atomic E-state index is -1.00. The molecule has 0 amide bonds. The Kier molecular flexibility index (Phi) is 5.75. The lowest BCUT2D eigenvalue weighted by Crippen LogP contribution is -2.46. The Labute approximate surface area is 196 Å². The Hall–Kier alpha value is -4.14. The van der Waals surface area contributed by atoms with Gasteiger partial charge in [-0.05, 0) is 54.6 Å². The third-order valence-electron chi connectivity index (χ3n) is 6.15. The predicted molar refractivity (Wildman–Crippen MR) is 130 cm³/mol. The van der Waals surface area contributed by atoms with E-state index in [1.165, 1.54) is 16.8 Å². The lowest BCUT2D eigenvalue weighted by Gasteiger charge is -2.36. The van der Waals surface area contributed by atoms with Gasteiger partial charge in [-0.1, -0.05) is 6.07 Å². The second-order valence-electron chi connectivity index (χ2n) is 8.27. The first-order valence-electron chi connectivity index (χ1n) is 11.1. The Balaban J connectivity index is 1.33. The number of aliphatic carboxylic acids is 1. The number of fused-ring (bicyclic) bond motifs is 1. The smallest absolute Gasteiger partial charge is 0.325 e. The Bertz CT molecular complexity index is 1300. The minimum Gasteiger partial charge on any atom is -0.480 e. The minimum absolute atomic E-state index is 0.292. The first-order valence-corrected chi connectivity index (χ1v) is 11.1. The van der Waals surface area contributed by atoms with E-state index in [1.54, 1.807) is 6.07 Å². The number of anilines is 4. The van der Waals surface area contributed by atoms with E-state index >= 15 is 0 Å². The van der Waals surface area contributed by atoms with E-state index in [2.05, 4.69) is 32.0 Å². The molecular formula is C25H25FN6O2. The average Bonchev–Trinajstić information content (AvgIpc) is 3.21. The van der Waals surface area contributed by atoms with Crippen LogP contribution in [0.1, 0.15) is 0 Å². The molecule has 1 saturated heterocycles. The molecule has 174 valence electrons. The molecule has 0 bridgehead atoms. The zero-order valence-electron chi connectivity index (χ0n) is 18.8. The monoisotopic (exact) mass is 460 g/mol. The molecule has 5 rings (SSSR count). The quantitative estimate of drug-likeness (QED) is 0.470. The second kappa shape index (κ2) is 9.01. The van der Waals surface area contributed by atoms with Crippen LogP contribution < -0.4 is 14.7 Å². The van der Waals surface area contributed by atoms with Crippen LogP contribution in [0.2, 0.25) is 0 Å². The summed E-state index contributed by atoms with van der Waals surface area (Å²) in [4.78, 5) is 22.2. The number of hydrogen-bond donors (Lipinski definition) is 1. The zero-order valence-corrected chi connectivity index (χ0v) is 18.8. The van der Waals surface area contributed by atoms with Gasteiger partial charge >= 0.3 is 5.97 Å². The maximum atomic E-state index is 14.0. The van der Waals surface area contributed by atoms with Crippen molar-refractivity contribution >= 4 is 39.9 Å². The molecule has 0 unspecified atom stereocenters. The van der Waals surface area contributed by atoms with Gasteiger partial charge in [0.15, 0.2) is 5.82 Å². The van der Waals surface area contributed by atoms with Gasteiger partial charge in [0.1, 0.15) is 18.2 Å². The third kappa shape index (κ3) is 4.24. The van der Waals surface area contributed by atoms with Crippen molar-refractivity contribution in [2.45, 2.75) is 6.54 Å². The normalized spacial score (nSPS) is 13.9. The fourth-order valence-electron chi connectivity index (χ4n) is 4.37. The number of hydrogen-bond acceptors (Lipinski definition) is 6. The van der Waals surface area contributed by atoms with Crippen LogP contribution in [-0.4, -0.2) is 59.1 Å². The lowest BCUT2D eigenvalue weighted by molar-refractivity contribution is -0.137. The highest BCUT2D eigenvalue weighted by molar-refractivity contribution is 5.93.